The molecular weight excluding hydrogens is 292 g/mol. The van der Waals surface area contributed by atoms with E-state index in [0.29, 0.717) is 30.2 Å². The number of amides is 2. The van der Waals surface area contributed by atoms with Crippen LogP contribution in [0.2, 0.25) is 0 Å². The van der Waals surface area contributed by atoms with Crippen LogP contribution in [0.4, 0.5) is 9.80 Å². The Bertz CT molecular complexity index is 566. The van der Waals surface area contributed by atoms with Crippen LogP contribution in [0.5, 0.6) is 0 Å². The molecule has 1 aromatic heterocycles. The van der Waals surface area contributed by atoms with Gasteiger partial charge in [-0.25, -0.2) is 9.59 Å². The van der Waals surface area contributed by atoms with Gasteiger partial charge in [-0.1, -0.05) is 0 Å². The zero-order valence-electron chi connectivity index (χ0n) is 12.7. The number of hydrogen-bond acceptors (Lipinski definition) is 5. The standard InChI is InChI=1S/C14H20N2O4S/c1-5-19-12(17)10-8-6-14(2,3)20-7-9(8)21-11(10)16-13(18)15-4/h5-7H2,1-4H3,(H2,15,16,18). The Morgan fingerprint density at radius 3 is 2.76 bits per heavy atom. The van der Waals surface area contributed by atoms with Crippen LogP contribution in [0.3, 0.4) is 0 Å². The number of ether oxygens (including phenoxy) is 2. The third kappa shape index (κ3) is 3.36. The van der Waals surface area contributed by atoms with Crippen molar-refractivity contribution in [3.8, 4) is 0 Å². The Hall–Kier alpha value is -1.60. The van der Waals surface area contributed by atoms with Crippen molar-refractivity contribution in [2.24, 2.45) is 0 Å². The molecular formula is C14H20N2O4S. The van der Waals surface area contributed by atoms with Crippen LogP contribution < -0.4 is 10.6 Å². The van der Waals surface area contributed by atoms with Gasteiger partial charge in [0.1, 0.15) is 5.00 Å². The first-order valence-corrected chi connectivity index (χ1v) is 7.64. The van der Waals surface area contributed by atoms with Crippen molar-refractivity contribution in [3.63, 3.8) is 0 Å². The number of carbonyl (C=O) groups excluding carboxylic acids is 2. The van der Waals surface area contributed by atoms with E-state index in [1.165, 1.54) is 18.4 Å². The zero-order chi connectivity index (χ0) is 15.6. The second kappa shape index (κ2) is 6.03. The van der Waals surface area contributed by atoms with Gasteiger partial charge in [0.25, 0.3) is 0 Å². The van der Waals surface area contributed by atoms with Crippen LogP contribution in [0, 0.1) is 0 Å². The molecule has 21 heavy (non-hydrogen) atoms. The molecule has 1 aliphatic heterocycles. The molecule has 116 valence electrons. The molecule has 2 heterocycles. The fourth-order valence-corrected chi connectivity index (χ4v) is 3.34. The molecule has 1 aromatic rings. The summed E-state index contributed by atoms with van der Waals surface area (Å²) in [6, 6.07) is -0.362. The lowest BCUT2D eigenvalue weighted by atomic mass is 9.93. The Balaban J connectivity index is 2.43. The van der Waals surface area contributed by atoms with E-state index in [1.807, 2.05) is 13.8 Å². The summed E-state index contributed by atoms with van der Waals surface area (Å²) in [7, 11) is 1.53. The molecule has 6 nitrogen and oxygen atoms in total. The quantitative estimate of drug-likeness (QED) is 0.841. The van der Waals surface area contributed by atoms with Crippen LogP contribution in [-0.2, 0) is 22.5 Å². The largest absolute Gasteiger partial charge is 0.462 e. The van der Waals surface area contributed by atoms with Crippen molar-refractivity contribution < 1.29 is 19.1 Å². The van der Waals surface area contributed by atoms with Crippen molar-refractivity contribution in [1.29, 1.82) is 0 Å². The van der Waals surface area contributed by atoms with Crippen molar-refractivity contribution in [2.75, 3.05) is 19.0 Å². The lowest BCUT2D eigenvalue weighted by Crippen LogP contribution is -2.32. The number of thiophene rings is 1. The Labute approximate surface area is 127 Å². The molecule has 0 fully saturated rings. The number of carbonyl (C=O) groups is 2. The first-order valence-electron chi connectivity index (χ1n) is 6.82. The molecule has 0 aliphatic carbocycles. The van der Waals surface area contributed by atoms with Gasteiger partial charge in [-0.15, -0.1) is 11.3 Å². The number of hydrogen-bond donors (Lipinski definition) is 2. The van der Waals surface area contributed by atoms with Crippen LogP contribution in [0.1, 0.15) is 41.6 Å². The van der Waals surface area contributed by atoms with Crippen molar-refractivity contribution in [3.05, 3.63) is 16.0 Å². The van der Waals surface area contributed by atoms with Crippen LogP contribution in [-0.4, -0.2) is 31.3 Å². The minimum Gasteiger partial charge on any atom is -0.462 e. The number of esters is 1. The zero-order valence-corrected chi connectivity index (χ0v) is 13.5. The number of fused-ring (bicyclic) bond motifs is 1. The highest BCUT2D eigenvalue weighted by molar-refractivity contribution is 7.17. The molecule has 2 amide bonds. The average Bonchev–Trinajstić information content (AvgIpc) is 2.74. The molecule has 0 radical (unpaired) electrons. The SMILES string of the molecule is CCOC(=O)c1c(NC(=O)NC)sc2c1CC(C)(C)OC2. The summed E-state index contributed by atoms with van der Waals surface area (Å²) in [6.07, 6.45) is 0.613. The summed E-state index contributed by atoms with van der Waals surface area (Å²) in [5, 5.41) is 5.69. The molecule has 0 spiro atoms. The minimum atomic E-state index is -0.404. The minimum absolute atomic E-state index is 0.294. The fraction of sp³-hybridized carbons (Fsp3) is 0.571. The summed E-state index contributed by atoms with van der Waals surface area (Å²) in [5.74, 6) is -0.404. The molecule has 0 atom stereocenters. The van der Waals surface area contributed by atoms with Crippen LogP contribution >= 0.6 is 11.3 Å². The van der Waals surface area contributed by atoms with Gasteiger partial charge in [0.15, 0.2) is 0 Å². The number of rotatable bonds is 3. The third-order valence-electron chi connectivity index (χ3n) is 3.22. The predicted octanol–water partition coefficient (Wildman–Crippen LogP) is 2.53. The lowest BCUT2D eigenvalue weighted by Gasteiger charge is -2.30. The van der Waals surface area contributed by atoms with Crippen molar-refractivity contribution >= 4 is 28.3 Å². The lowest BCUT2D eigenvalue weighted by molar-refractivity contribution is -0.0384. The summed E-state index contributed by atoms with van der Waals surface area (Å²) >= 11 is 1.36. The maximum Gasteiger partial charge on any atom is 0.341 e. The molecule has 0 aromatic carbocycles. The van der Waals surface area contributed by atoms with Gasteiger partial charge < -0.3 is 14.8 Å². The van der Waals surface area contributed by atoms with E-state index in [4.69, 9.17) is 9.47 Å². The average molecular weight is 312 g/mol. The second-order valence-corrected chi connectivity index (χ2v) is 6.46. The molecule has 7 heteroatoms. The highest BCUT2D eigenvalue weighted by Crippen LogP contribution is 2.40. The van der Waals surface area contributed by atoms with Gasteiger partial charge >= 0.3 is 12.0 Å². The van der Waals surface area contributed by atoms with Crippen LogP contribution in [0.25, 0.3) is 0 Å². The Morgan fingerprint density at radius 2 is 2.14 bits per heavy atom. The maximum atomic E-state index is 12.3. The highest BCUT2D eigenvalue weighted by atomic mass is 32.1. The van der Waals surface area contributed by atoms with Crippen molar-refractivity contribution in [1.82, 2.24) is 5.32 Å². The van der Waals surface area contributed by atoms with Crippen molar-refractivity contribution in [2.45, 2.75) is 39.4 Å². The third-order valence-corrected chi connectivity index (χ3v) is 4.34. The van der Waals surface area contributed by atoms with Gasteiger partial charge in [-0.05, 0) is 26.3 Å². The smallest absolute Gasteiger partial charge is 0.341 e. The van der Waals surface area contributed by atoms with E-state index in [1.54, 1.807) is 6.92 Å². The van der Waals surface area contributed by atoms with Crippen LogP contribution in [0.15, 0.2) is 0 Å². The first kappa shape index (κ1) is 15.8. The maximum absolute atomic E-state index is 12.3. The van der Waals surface area contributed by atoms with Gasteiger partial charge in [0.05, 0.1) is 24.4 Å². The fourth-order valence-electron chi connectivity index (χ4n) is 2.23. The molecule has 2 rings (SSSR count). The monoisotopic (exact) mass is 312 g/mol. The van der Waals surface area contributed by atoms with E-state index in [9.17, 15) is 9.59 Å². The summed E-state index contributed by atoms with van der Waals surface area (Å²) in [4.78, 5) is 24.8. The highest BCUT2D eigenvalue weighted by Gasteiger charge is 2.34. The molecule has 0 saturated carbocycles. The molecule has 0 bridgehead atoms. The number of urea groups is 1. The second-order valence-electron chi connectivity index (χ2n) is 5.36. The summed E-state index contributed by atoms with van der Waals surface area (Å²) in [5.41, 5.74) is 1.04. The molecule has 2 N–H and O–H groups in total. The predicted molar refractivity (Wildman–Crippen MR) is 80.9 cm³/mol. The molecule has 0 unspecified atom stereocenters. The topological polar surface area (TPSA) is 76.7 Å². The van der Waals surface area contributed by atoms with E-state index < -0.39 is 5.97 Å². The van der Waals surface area contributed by atoms with E-state index in [2.05, 4.69) is 10.6 Å². The van der Waals surface area contributed by atoms with Gasteiger partial charge in [0, 0.05) is 18.3 Å². The Kier molecular flexibility index (Phi) is 4.53. The van der Waals surface area contributed by atoms with Gasteiger partial charge in [-0.2, -0.15) is 0 Å². The van der Waals surface area contributed by atoms with E-state index >= 15 is 0 Å². The first-order chi connectivity index (χ1) is 9.88. The normalized spacial score (nSPS) is 16.0. The van der Waals surface area contributed by atoms with Gasteiger partial charge in [-0.3, -0.25) is 5.32 Å². The van der Waals surface area contributed by atoms with E-state index in [0.717, 1.165) is 10.4 Å². The number of nitrogens with one attached hydrogen (secondary N) is 2. The molecule has 1 aliphatic rings. The summed E-state index contributed by atoms with van der Waals surface area (Å²) in [6.45, 7) is 6.45. The van der Waals surface area contributed by atoms with E-state index in [-0.39, 0.29) is 11.6 Å². The summed E-state index contributed by atoms with van der Waals surface area (Å²) < 4.78 is 10.9. The van der Waals surface area contributed by atoms with Gasteiger partial charge in [0.2, 0.25) is 0 Å². The Morgan fingerprint density at radius 1 is 1.43 bits per heavy atom. The number of anilines is 1. The molecule has 0 saturated heterocycles.